The molecule has 0 bridgehead atoms. The highest BCUT2D eigenvalue weighted by molar-refractivity contribution is 7.89. The topological polar surface area (TPSA) is 130 Å². The van der Waals surface area contributed by atoms with Crippen LogP contribution in [0.2, 0.25) is 5.02 Å². The summed E-state index contributed by atoms with van der Waals surface area (Å²) in [5.41, 5.74) is 0.387. The van der Waals surface area contributed by atoms with E-state index in [1.807, 2.05) is 0 Å². The lowest BCUT2D eigenvalue weighted by Gasteiger charge is -2.19. The summed E-state index contributed by atoms with van der Waals surface area (Å²) in [4.78, 5) is 27.6. The fraction of sp³-hybridized carbons (Fsp3) is 0.105. The second-order valence-electron chi connectivity index (χ2n) is 6.26. The van der Waals surface area contributed by atoms with Gasteiger partial charge in [0.15, 0.2) is 0 Å². The second-order valence-corrected chi connectivity index (χ2v) is 8.41. The Hall–Kier alpha value is -2.92. The number of amides is 1. The van der Waals surface area contributed by atoms with Gasteiger partial charge in [0, 0.05) is 29.6 Å². The van der Waals surface area contributed by atoms with E-state index in [1.54, 1.807) is 10.8 Å². The number of aromatic carboxylic acids is 1. The molecular weight excluding hydrogens is 467 g/mol. The number of anilines is 1. The first kappa shape index (κ1) is 24.4. The van der Waals surface area contributed by atoms with Gasteiger partial charge in [-0.25, -0.2) is 18.2 Å². The minimum absolute atomic E-state index is 0. The van der Waals surface area contributed by atoms with Gasteiger partial charge in [-0.05, 0) is 48.5 Å². The van der Waals surface area contributed by atoms with E-state index in [-0.39, 0.29) is 29.4 Å². The van der Waals surface area contributed by atoms with Gasteiger partial charge in [0.2, 0.25) is 15.9 Å². The van der Waals surface area contributed by atoms with E-state index in [1.165, 1.54) is 61.1 Å². The highest BCUT2D eigenvalue weighted by Gasteiger charge is 2.26. The van der Waals surface area contributed by atoms with E-state index in [4.69, 9.17) is 16.7 Å². The van der Waals surface area contributed by atoms with Gasteiger partial charge in [0.05, 0.1) is 16.8 Å². The lowest BCUT2D eigenvalue weighted by molar-refractivity contribution is -0.118. The quantitative estimate of drug-likeness (QED) is 0.450. The minimum atomic E-state index is -4.02. The summed E-state index contributed by atoms with van der Waals surface area (Å²) < 4.78 is 29.4. The van der Waals surface area contributed by atoms with Gasteiger partial charge in [-0.1, -0.05) is 11.6 Å². The summed E-state index contributed by atoms with van der Waals surface area (Å²) in [7, 11) is -4.02. The van der Waals surface area contributed by atoms with Crippen LogP contribution in [0.5, 0.6) is 0 Å². The van der Waals surface area contributed by atoms with Crippen molar-refractivity contribution in [3.05, 3.63) is 77.8 Å². The first-order valence-electron chi connectivity index (χ1n) is 8.62. The number of sulfonamides is 1. The van der Waals surface area contributed by atoms with Crippen LogP contribution in [0.15, 0.2) is 72.1 Å². The van der Waals surface area contributed by atoms with E-state index < -0.39 is 27.9 Å². The molecule has 0 unspecified atom stereocenters. The predicted molar refractivity (Wildman–Crippen MR) is 117 cm³/mol. The Kier molecular flexibility index (Phi) is 8.17. The summed E-state index contributed by atoms with van der Waals surface area (Å²) in [5.74, 6) is -1.72. The number of carboxylic acid groups (broad SMARTS) is 1. The zero-order valence-corrected chi connectivity index (χ0v) is 18.2. The van der Waals surface area contributed by atoms with Crippen LogP contribution in [-0.2, 0) is 21.4 Å². The van der Waals surface area contributed by atoms with Crippen LogP contribution in [0.4, 0.5) is 5.69 Å². The van der Waals surface area contributed by atoms with Crippen LogP contribution in [0.3, 0.4) is 0 Å². The molecule has 0 aliphatic rings. The van der Waals surface area contributed by atoms with Crippen LogP contribution in [0.1, 0.15) is 10.4 Å². The Morgan fingerprint density at radius 1 is 1.10 bits per heavy atom. The molecule has 0 aliphatic carbocycles. The highest BCUT2D eigenvalue weighted by atomic mass is 35.5. The van der Waals surface area contributed by atoms with Crippen LogP contribution in [-0.4, -0.2) is 41.0 Å². The number of nitrogens with one attached hydrogen (secondary N) is 2. The van der Waals surface area contributed by atoms with Crippen molar-refractivity contribution in [2.75, 3.05) is 5.32 Å². The lowest BCUT2D eigenvalue weighted by atomic mass is 10.2. The maximum absolute atomic E-state index is 12.8. The Morgan fingerprint density at radius 2 is 1.74 bits per heavy atom. The van der Waals surface area contributed by atoms with E-state index in [9.17, 15) is 18.0 Å². The number of hydrogen-bond acceptors (Lipinski definition) is 5. The monoisotopic (exact) mass is 484 g/mol. The van der Waals surface area contributed by atoms with E-state index in [2.05, 4.69) is 15.0 Å². The number of carbonyl (C=O) groups is 2. The second kappa shape index (κ2) is 10.4. The van der Waals surface area contributed by atoms with Crippen LogP contribution in [0, 0.1) is 0 Å². The minimum Gasteiger partial charge on any atom is -0.478 e. The predicted octanol–water partition coefficient (Wildman–Crippen LogP) is 2.64. The van der Waals surface area contributed by atoms with Gasteiger partial charge in [-0.15, -0.1) is 12.4 Å². The standard InChI is InChI=1S/C19H17ClN4O5S.ClH/c20-14-3-7-16(8-4-14)30(28,29)23-17(11-24-10-9-21-12-24)18(25)22-15-5-1-13(2-6-15)19(26)27;/h1-10,12,17,23H,11H2,(H,22,25)(H,26,27);1H/t17-;/m0./s1. The molecule has 0 radical (unpaired) electrons. The Labute approximate surface area is 189 Å². The van der Waals surface area contributed by atoms with Gasteiger partial charge < -0.3 is 15.0 Å². The number of hydrogen-bond donors (Lipinski definition) is 3. The molecule has 1 aromatic heterocycles. The first-order valence-corrected chi connectivity index (χ1v) is 10.5. The molecule has 3 rings (SSSR count). The van der Waals surface area contributed by atoms with Crippen LogP contribution in [0.25, 0.3) is 0 Å². The average Bonchev–Trinajstić information content (AvgIpc) is 3.21. The molecule has 0 fully saturated rings. The molecule has 3 aromatic rings. The van der Waals surface area contributed by atoms with Crippen molar-refractivity contribution in [3.63, 3.8) is 0 Å². The lowest BCUT2D eigenvalue weighted by Crippen LogP contribution is -2.46. The van der Waals surface area contributed by atoms with Gasteiger partial charge in [0.25, 0.3) is 0 Å². The van der Waals surface area contributed by atoms with Crippen molar-refractivity contribution in [3.8, 4) is 0 Å². The summed E-state index contributed by atoms with van der Waals surface area (Å²) in [5, 5.41) is 11.9. The van der Waals surface area contributed by atoms with Gasteiger partial charge in [0.1, 0.15) is 6.04 Å². The molecule has 0 saturated heterocycles. The average molecular weight is 485 g/mol. The number of nitrogens with zero attached hydrogens (tertiary/aromatic N) is 2. The maximum atomic E-state index is 12.8. The SMILES string of the molecule is Cl.O=C(O)c1ccc(NC(=O)[C@H](Cn2ccnc2)NS(=O)(=O)c2ccc(Cl)cc2)cc1. The maximum Gasteiger partial charge on any atom is 0.335 e. The molecule has 3 N–H and O–H groups in total. The highest BCUT2D eigenvalue weighted by Crippen LogP contribution is 2.15. The third-order valence-corrected chi connectivity index (χ3v) is 5.83. The molecule has 12 heteroatoms. The largest absolute Gasteiger partial charge is 0.478 e. The van der Waals surface area contributed by atoms with Crippen molar-refractivity contribution >= 4 is 51.6 Å². The molecule has 0 saturated carbocycles. The van der Waals surface area contributed by atoms with Crippen LogP contribution < -0.4 is 10.0 Å². The van der Waals surface area contributed by atoms with Crippen molar-refractivity contribution in [1.82, 2.24) is 14.3 Å². The fourth-order valence-corrected chi connectivity index (χ4v) is 3.89. The third kappa shape index (κ3) is 6.53. The molecule has 164 valence electrons. The number of benzene rings is 2. The van der Waals surface area contributed by atoms with Crippen molar-refractivity contribution in [2.45, 2.75) is 17.5 Å². The zero-order valence-electron chi connectivity index (χ0n) is 15.8. The van der Waals surface area contributed by atoms with Crippen molar-refractivity contribution in [2.24, 2.45) is 0 Å². The Morgan fingerprint density at radius 3 is 2.29 bits per heavy atom. The number of halogens is 2. The third-order valence-electron chi connectivity index (χ3n) is 4.09. The zero-order chi connectivity index (χ0) is 21.7. The van der Waals surface area contributed by atoms with E-state index in [0.717, 1.165) is 0 Å². The molecule has 2 aromatic carbocycles. The Bertz CT molecular complexity index is 1140. The molecule has 31 heavy (non-hydrogen) atoms. The summed E-state index contributed by atoms with van der Waals surface area (Å²) in [6.07, 6.45) is 4.56. The molecule has 0 spiro atoms. The van der Waals surface area contributed by atoms with Gasteiger partial charge >= 0.3 is 5.97 Å². The summed E-state index contributed by atoms with van der Waals surface area (Å²) >= 11 is 5.81. The molecule has 1 heterocycles. The summed E-state index contributed by atoms with van der Waals surface area (Å²) in [6, 6.07) is 9.88. The van der Waals surface area contributed by atoms with E-state index in [0.29, 0.717) is 10.7 Å². The normalized spacial score (nSPS) is 11.9. The Balaban J connectivity index is 0.00000341. The summed E-state index contributed by atoms with van der Waals surface area (Å²) in [6.45, 7) is -0.00807. The molecular formula is C19H18Cl2N4O5S. The van der Waals surface area contributed by atoms with Crippen molar-refractivity contribution < 1.29 is 23.1 Å². The van der Waals surface area contributed by atoms with Crippen LogP contribution >= 0.6 is 24.0 Å². The van der Waals surface area contributed by atoms with Crippen molar-refractivity contribution in [1.29, 1.82) is 0 Å². The van der Waals surface area contributed by atoms with Gasteiger partial charge in [-0.3, -0.25) is 4.79 Å². The molecule has 1 atom stereocenters. The number of imidazole rings is 1. The molecule has 9 nitrogen and oxygen atoms in total. The molecule has 1 amide bonds. The first-order chi connectivity index (χ1) is 14.2. The number of aromatic nitrogens is 2. The van der Waals surface area contributed by atoms with E-state index >= 15 is 0 Å². The number of carbonyl (C=O) groups excluding carboxylic acids is 1. The number of rotatable bonds is 8. The fourth-order valence-electron chi connectivity index (χ4n) is 2.57. The smallest absolute Gasteiger partial charge is 0.335 e. The number of carboxylic acids is 1. The molecule has 0 aliphatic heterocycles. The van der Waals surface area contributed by atoms with Gasteiger partial charge in [-0.2, -0.15) is 4.72 Å².